The van der Waals surface area contributed by atoms with Gasteiger partial charge in [-0.05, 0) is 0 Å². The molecule has 0 aromatic heterocycles. The fourth-order valence-electron chi connectivity index (χ4n) is 1.96. The van der Waals surface area contributed by atoms with Crippen LogP contribution in [0.15, 0.2) is 0 Å². The van der Waals surface area contributed by atoms with Crippen LogP contribution in [-0.4, -0.2) is 28.5 Å². The van der Waals surface area contributed by atoms with Crippen molar-refractivity contribution in [2.45, 2.75) is 41.7 Å². The molecule has 0 atom stereocenters. The summed E-state index contributed by atoms with van der Waals surface area (Å²) in [4.78, 5) is 10.3. The van der Waals surface area contributed by atoms with E-state index in [1.807, 2.05) is 0 Å². The minimum atomic E-state index is -1.33. The second kappa shape index (κ2) is 4.73. The van der Waals surface area contributed by atoms with Crippen LogP contribution in [0.25, 0.3) is 0 Å². The summed E-state index contributed by atoms with van der Waals surface area (Å²) in [6.45, 7) is 0. The molecule has 4 heteroatoms. The van der Waals surface area contributed by atoms with Crippen LogP contribution >= 0.6 is 37.4 Å². The number of hydrogen-bond acceptors (Lipinski definition) is 0. The summed E-state index contributed by atoms with van der Waals surface area (Å²) >= 11 is 2.95. The van der Waals surface area contributed by atoms with Gasteiger partial charge in [-0.1, -0.05) is 0 Å². The van der Waals surface area contributed by atoms with E-state index < -0.39 is 28.5 Å². The van der Waals surface area contributed by atoms with Crippen molar-refractivity contribution in [1.82, 2.24) is 0 Å². The zero-order valence-electron chi connectivity index (χ0n) is 8.90. The van der Waals surface area contributed by atoms with Gasteiger partial charge in [0.2, 0.25) is 0 Å². The Morgan fingerprint density at radius 2 is 1.23 bits per heavy atom. The monoisotopic (exact) mass is 642 g/mol. The van der Waals surface area contributed by atoms with Crippen molar-refractivity contribution in [2.75, 3.05) is 0 Å². The molecule has 0 aromatic rings. The second-order valence-corrected chi connectivity index (χ2v) is 54.8. The Hall–Kier alpha value is 3.04. The van der Waals surface area contributed by atoms with Crippen molar-refractivity contribution in [2.24, 2.45) is 5.41 Å². The molecule has 0 spiro atoms. The average Bonchev–Trinajstić information content (AvgIpc) is 2.36. The molecule has 1 saturated carbocycles. The van der Waals surface area contributed by atoms with Gasteiger partial charge in [-0.2, -0.15) is 0 Å². The van der Waals surface area contributed by atoms with E-state index in [4.69, 9.17) is 0 Å². The molecule has 0 radical (unpaired) electrons. The van der Waals surface area contributed by atoms with E-state index in [0.717, 1.165) is 5.41 Å². The van der Waals surface area contributed by atoms with Gasteiger partial charge in [-0.15, -0.1) is 0 Å². The average molecular weight is 637 g/mol. The molecule has 82 valence electrons. The summed E-state index contributed by atoms with van der Waals surface area (Å²) in [5.74, 6) is 0. The van der Waals surface area contributed by atoms with Crippen molar-refractivity contribution in [1.29, 1.82) is 0 Å². The molecule has 0 saturated heterocycles. The van der Waals surface area contributed by atoms with E-state index in [9.17, 15) is 0 Å². The summed E-state index contributed by atoms with van der Waals surface area (Å²) in [5.41, 5.74) is 0.873. The van der Waals surface area contributed by atoms with Crippen molar-refractivity contribution >= 4 is 65.9 Å². The number of rotatable bonds is 4. The molecule has 0 amide bonds. The van der Waals surface area contributed by atoms with Gasteiger partial charge < -0.3 is 0 Å². The predicted octanol–water partition coefficient (Wildman–Crippen LogP) is 5.05. The SMILES string of the molecule is C[Te](C)(I)CC1(C[Te](C)(C)I)CC1. The Morgan fingerprint density at radius 1 is 0.923 bits per heavy atom. The molecule has 0 aliphatic heterocycles. The maximum absolute atomic E-state index is 2.80. The zero-order chi connectivity index (χ0) is 10.3. The Balaban J connectivity index is 2.49. The standard InChI is InChI=1S/C9H20I2Te2/c1-12(2,10)7-9(5-6-9)8-13(3,4)11/h5-8H2,1-4H3. The van der Waals surface area contributed by atoms with Crippen molar-refractivity contribution < 1.29 is 0 Å². The first-order chi connectivity index (χ1) is 5.62. The van der Waals surface area contributed by atoms with E-state index >= 15 is 0 Å². The van der Waals surface area contributed by atoms with E-state index in [-0.39, 0.29) is 0 Å². The predicted molar refractivity (Wildman–Crippen MR) is 84.3 cm³/mol. The van der Waals surface area contributed by atoms with Crippen LogP contribution in [0.1, 0.15) is 12.8 Å². The van der Waals surface area contributed by atoms with Crippen molar-refractivity contribution in [3.05, 3.63) is 0 Å². The Labute approximate surface area is 111 Å². The molecule has 0 heterocycles. The minimum absolute atomic E-state index is 0.873. The normalized spacial score (nSPS) is 24.2. The molecular weight excluding hydrogens is 617 g/mol. The summed E-state index contributed by atoms with van der Waals surface area (Å²) < 4.78 is 3.27. The third kappa shape index (κ3) is 6.37. The van der Waals surface area contributed by atoms with E-state index in [1.165, 1.54) is 0 Å². The molecule has 13 heavy (non-hydrogen) atoms. The summed E-state index contributed by atoms with van der Waals surface area (Å²) in [7, 11) is 0. The molecule has 1 fully saturated rings. The van der Waals surface area contributed by atoms with Crippen LogP contribution in [0.2, 0.25) is 28.8 Å². The van der Waals surface area contributed by atoms with Crippen LogP contribution in [0.3, 0.4) is 0 Å². The molecule has 1 aliphatic carbocycles. The molecule has 0 N–H and O–H groups in total. The first-order valence-electron chi connectivity index (χ1n) is 4.43. The number of halogens is 2. The fourth-order valence-corrected chi connectivity index (χ4v) is 22.6. The summed E-state index contributed by atoms with van der Waals surface area (Å²) in [5, 5.41) is 0. The fraction of sp³-hybridized carbons (Fsp3) is 1.00. The van der Waals surface area contributed by atoms with Crippen LogP contribution in [0.5, 0.6) is 0 Å². The Morgan fingerprint density at radius 3 is 1.38 bits per heavy atom. The van der Waals surface area contributed by atoms with Crippen molar-refractivity contribution in [3.63, 3.8) is 0 Å². The summed E-state index contributed by atoms with van der Waals surface area (Å²) in [6.07, 6.45) is 3.12. The molecule has 1 rings (SSSR count). The van der Waals surface area contributed by atoms with Crippen LogP contribution in [0, 0.1) is 5.41 Å². The van der Waals surface area contributed by atoms with Crippen molar-refractivity contribution in [3.8, 4) is 0 Å². The van der Waals surface area contributed by atoms with Gasteiger partial charge in [0.25, 0.3) is 0 Å². The van der Waals surface area contributed by atoms with E-state index in [2.05, 4.69) is 57.3 Å². The molecule has 0 nitrogen and oxygen atoms in total. The van der Waals surface area contributed by atoms with E-state index in [0.29, 0.717) is 0 Å². The molecule has 0 aromatic carbocycles. The second-order valence-electron chi connectivity index (χ2n) is 5.10. The van der Waals surface area contributed by atoms with Gasteiger partial charge in [0.1, 0.15) is 0 Å². The third-order valence-electron chi connectivity index (χ3n) is 2.26. The maximum atomic E-state index is 2.80. The Bertz CT molecular complexity index is 169. The van der Waals surface area contributed by atoms with Gasteiger partial charge in [0, 0.05) is 0 Å². The first kappa shape index (κ1) is 14.1. The van der Waals surface area contributed by atoms with Crippen LogP contribution in [-0.2, 0) is 0 Å². The van der Waals surface area contributed by atoms with Gasteiger partial charge in [0.05, 0.1) is 0 Å². The van der Waals surface area contributed by atoms with Crippen LogP contribution in [0.4, 0.5) is 0 Å². The number of hydrogen-bond donors (Lipinski definition) is 0. The Kier molecular flexibility index (Phi) is 5.13. The van der Waals surface area contributed by atoms with E-state index in [1.54, 1.807) is 21.8 Å². The zero-order valence-corrected chi connectivity index (χ0v) is 17.9. The molecular formula is C9H20I2Te2. The van der Waals surface area contributed by atoms with Gasteiger partial charge in [0.15, 0.2) is 0 Å². The van der Waals surface area contributed by atoms with Gasteiger partial charge in [-0.25, -0.2) is 0 Å². The van der Waals surface area contributed by atoms with Gasteiger partial charge in [-0.3, -0.25) is 0 Å². The quantitative estimate of drug-likeness (QED) is 0.300. The molecule has 1 aliphatic rings. The molecule has 0 unspecified atom stereocenters. The topological polar surface area (TPSA) is 0 Å². The van der Waals surface area contributed by atoms with Gasteiger partial charge >= 0.3 is 113 Å². The molecule has 0 bridgehead atoms. The summed E-state index contributed by atoms with van der Waals surface area (Å²) in [6, 6.07) is 0. The van der Waals surface area contributed by atoms with Crippen LogP contribution < -0.4 is 0 Å². The third-order valence-corrected chi connectivity index (χ3v) is 13.8. The first-order valence-corrected chi connectivity index (χ1v) is 30.6.